The molecule has 0 saturated carbocycles. The lowest BCUT2D eigenvalue weighted by Crippen LogP contribution is -2.49. The number of ether oxygens (including phenoxy) is 1. The maximum absolute atomic E-state index is 11.7. The van der Waals surface area contributed by atoms with Crippen LogP contribution in [0.4, 0.5) is 5.95 Å². The van der Waals surface area contributed by atoms with E-state index < -0.39 is 0 Å². The van der Waals surface area contributed by atoms with Crippen molar-refractivity contribution in [3.63, 3.8) is 0 Å². The number of methoxy groups -OCH3 is 1. The van der Waals surface area contributed by atoms with Crippen LogP contribution in [0, 0.1) is 0 Å². The summed E-state index contributed by atoms with van der Waals surface area (Å²) in [5.41, 5.74) is 0. The molecule has 7 heteroatoms. The van der Waals surface area contributed by atoms with Crippen LogP contribution in [0.25, 0.3) is 0 Å². The fraction of sp³-hybridized carbons (Fsp3) is 0.615. The van der Waals surface area contributed by atoms with E-state index in [4.69, 9.17) is 4.74 Å². The van der Waals surface area contributed by atoms with Crippen LogP contribution in [0.3, 0.4) is 0 Å². The number of rotatable bonds is 4. The first kappa shape index (κ1) is 14.5. The van der Waals surface area contributed by atoms with E-state index in [0.717, 1.165) is 26.2 Å². The molecule has 2 heterocycles. The second-order valence-electron chi connectivity index (χ2n) is 4.95. The minimum atomic E-state index is 0.135. The van der Waals surface area contributed by atoms with Crippen LogP contribution in [0.2, 0.25) is 0 Å². The van der Waals surface area contributed by atoms with Crippen LogP contribution in [0.15, 0.2) is 12.3 Å². The summed E-state index contributed by atoms with van der Waals surface area (Å²) in [6.07, 6.45) is 1.70. The van der Waals surface area contributed by atoms with Gasteiger partial charge in [-0.05, 0) is 0 Å². The van der Waals surface area contributed by atoms with E-state index >= 15 is 0 Å². The number of carbonyl (C=O) groups is 1. The number of likely N-dealkylation sites (N-methyl/N-ethyl adjacent to an activating group) is 1. The van der Waals surface area contributed by atoms with Gasteiger partial charge in [0.05, 0.1) is 13.7 Å². The Balaban J connectivity index is 1.89. The minimum Gasteiger partial charge on any atom is -0.481 e. The molecule has 20 heavy (non-hydrogen) atoms. The molecule has 110 valence electrons. The Morgan fingerprint density at radius 3 is 2.65 bits per heavy atom. The molecule has 1 aromatic heterocycles. The van der Waals surface area contributed by atoms with E-state index in [1.807, 2.05) is 0 Å². The SMILES string of the molecule is COc1ccnc(N2CCN(CC(=O)N(C)C)CC2)n1. The smallest absolute Gasteiger partial charge is 0.236 e. The third-order valence-electron chi connectivity index (χ3n) is 3.34. The van der Waals surface area contributed by atoms with Gasteiger partial charge >= 0.3 is 0 Å². The summed E-state index contributed by atoms with van der Waals surface area (Å²) >= 11 is 0. The van der Waals surface area contributed by atoms with Crippen molar-refractivity contribution in [2.45, 2.75) is 0 Å². The van der Waals surface area contributed by atoms with Crippen molar-refractivity contribution in [2.24, 2.45) is 0 Å². The molecule has 0 spiro atoms. The first-order chi connectivity index (χ1) is 9.60. The second-order valence-corrected chi connectivity index (χ2v) is 4.95. The summed E-state index contributed by atoms with van der Waals surface area (Å²) in [4.78, 5) is 26.2. The summed E-state index contributed by atoms with van der Waals surface area (Å²) < 4.78 is 5.11. The first-order valence-electron chi connectivity index (χ1n) is 6.64. The summed E-state index contributed by atoms with van der Waals surface area (Å²) in [7, 11) is 5.16. The molecule has 1 fully saturated rings. The van der Waals surface area contributed by atoms with E-state index in [1.165, 1.54) is 0 Å². The van der Waals surface area contributed by atoms with Crippen molar-refractivity contribution >= 4 is 11.9 Å². The van der Waals surface area contributed by atoms with Crippen LogP contribution in [-0.2, 0) is 4.79 Å². The van der Waals surface area contributed by atoms with Gasteiger partial charge in [-0.3, -0.25) is 9.69 Å². The zero-order valence-corrected chi connectivity index (χ0v) is 12.2. The molecule has 0 bridgehead atoms. The van der Waals surface area contributed by atoms with Gasteiger partial charge in [0.1, 0.15) is 0 Å². The lowest BCUT2D eigenvalue weighted by atomic mass is 10.3. The van der Waals surface area contributed by atoms with E-state index in [2.05, 4.69) is 19.8 Å². The minimum absolute atomic E-state index is 0.135. The fourth-order valence-corrected chi connectivity index (χ4v) is 2.04. The number of anilines is 1. The molecule has 1 aliphatic rings. The van der Waals surface area contributed by atoms with Crippen molar-refractivity contribution in [1.82, 2.24) is 19.8 Å². The van der Waals surface area contributed by atoms with E-state index in [-0.39, 0.29) is 5.91 Å². The van der Waals surface area contributed by atoms with Crippen LogP contribution in [-0.4, -0.2) is 79.6 Å². The van der Waals surface area contributed by atoms with Crippen molar-refractivity contribution in [3.8, 4) is 5.88 Å². The van der Waals surface area contributed by atoms with E-state index in [1.54, 1.807) is 38.4 Å². The Morgan fingerprint density at radius 1 is 1.35 bits per heavy atom. The Kier molecular flexibility index (Phi) is 4.73. The maximum atomic E-state index is 11.7. The van der Waals surface area contributed by atoms with Gasteiger partial charge < -0.3 is 14.5 Å². The summed E-state index contributed by atoms with van der Waals surface area (Å²) in [5.74, 6) is 1.39. The normalized spacial score (nSPS) is 16.1. The molecule has 1 aromatic rings. The quantitative estimate of drug-likeness (QED) is 0.754. The zero-order valence-electron chi connectivity index (χ0n) is 12.2. The maximum Gasteiger partial charge on any atom is 0.236 e. The average molecular weight is 279 g/mol. The largest absolute Gasteiger partial charge is 0.481 e. The first-order valence-corrected chi connectivity index (χ1v) is 6.64. The monoisotopic (exact) mass is 279 g/mol. The Morgan fingerprint density at radius 2 is 2.05 bits per heavy atom. The molecule has 0 aromatic carbocycles. The van der Waals surface area contributed by atoms with Gasteiger partial charge in [-0.25, -0.2) is 4.98 Å². The molecule has 0 radical (unpaired) electrons. The molecule has 1 amide bonds. The van der Waals surface area contributed by atoms with Gasteiger partial charge in [-0.15, -0.1) is 0 Å². The summed E-state index contributed by atoms with van der Waals surface area (Å²) in [5, 5.41) is 0. The highest BCUT2D eigenvalue weighted by Gasteiger charge is 2.21. The van der Waals surface area contributed by atoms with Gasteiger partial charge in [0.25, 0.3) is 0 Å². The lowest BCUT2D eigenvalue weighted by molar-refractivity contribution is -0.129. The standard InChI is InChI=1S/C13H21N5O2/c1-16(2)12(19)10-17-6-8-18(9-7-17)13-14-5-4-11(15-13)20-3/h4-5H,6-10H2,1-3H3. The highest BCUT2D eigenvalue weighted by atomic mass is 16.5. The Labute approximate surface area is 119 Å². The highest BCUT2D eigenvalue weighted by Crippen LogP contribution is 2.14. The average Bonchev–Trinajstić information content (AvgIpc) is 2.48. The highest BCUT2D eigenvalue weighted by molar-refractivity contribution is 5.77. The topological polar surface area (TPSA) is 61.8 Å². The molecule has 0 aliphatic carbocycles. The molecule has 1 aliphatic heterocycles. The predicted molar refractivity (Wildman–Crippen MR) is 75.9 cm³/mol. The lowest BCUT2D eigenvalue weighted by Gasteiger charge is -2.34. The molecular formula is C13H21N5O2. The second kappa shape index (κ2) is 6.51. The Hall–Kier alpha value is -1.89. The molecule has 0 atom stereocenters. The van der Waals surface area contributed by atoms with Gasteiger partial charge in [-0.2, -0.15) is 4.98 Å². The van der Waals surface area contributed by atoms with E-state index in [0.29, 0.717) is 18.4 Å². The third kappa shape index (κ3) is 3.57. The van der Waals surface area contributed by atoms with Crippen LogP contribution < -0.4 is 9.64 Å². The van der Waals surface area contributed by atoms with Gasteiger partial charge in [0.2, 0.25) is 17.7 Å². The summed E-state index contributed by atoms with van der Waals surface area (Å²) in [6, 6.07) is 1.73. The molecule has 2 rings (SSSR count). The van der Waals surface area contributed by atoms with Crippen molar-refractivity contribution in [1.29, 1.82) is 0 Å². The van der Waals surface area contributed by atoms with Gasteiger partial charge in [-0.1, -0.05) is 0 Å². The number of aromatic nitrogens is 2. The van der Waals surface area contributed by atoms with Crippen LogP contribution in [0.5, 0.6) is 5.88 Å². The van der Waals surface area contributed by atoms with Crippen LogP contribution in [0.1, 0.15) is 0 Å². The number of hydrogen-bond acceptors (Lipinski definition) is 6. The van der Waals surface area contributed by atoms with Gasteiger partial charge in [0.15, 0.2) is 0 Å². The number of hydrogen-bond donors (Lipinski definition) is 0. The molecule has 0 N–H and O–H groups in total. The Bertz CT molecular complexity index is 458. The number of carbonyl (C=O) groups excluding carboxylic acids is 1. The zero-order chi connectivity index (χ0) is 14.5. The van der Waals surface area contributed by atoms with Gasteiger partial charge in [0, 0.05) is 52.5 Å². The molecule has 1 saturated heterocycles. The summed E-state index contributed by atoms with van der Waals surface area (Å²) in [6.45, 7) is 3.77. The van der Waals surface area contributed by atoms with Crippen molar-refractivity contribution in [3.05, 3.63) is 12.3 Å². The van der Waals surface area contributed by atoms with E-state index in [9.17, 15) is 4.79 Å². The van der Waals surface area contributed by atoms with Crippen LogP contribution >= 0.6 is 0 Å². The fourth-order valence-electron chi connectivity index (χ4n) is 2.04. The third-order valence-corrected chi connectivity index (χ3v) is 3.34. The predicted octanol–water partition coefficient (Wildman–Crippen LogP) is -0.305. The number of nitrogens with zero attached hydrogens (tertiary/aromatic N) is 5. The number of amides is 1. The molecule has 0 unspecified atom stereocenters. The van der Waals surface area contributed by atoms with Crippen molar-refractivity contribution in [2.75, 3.05) is 58.8 Å². The van der Waals surface area contributed by atoms with Crippen molar-refractivity contribution < 1.29 is 9.53 Å². The molecular weight excluding hydrogens is 258 g/mol. The number of piperazine rings is 1. The molecule has 7 nitrogen and oxygen atoms in total.